The summed E-state index contributed by atoms with van der Waals surface area (Å²) in [7, 11) is 0. The van der Waals surface area contributed by atoms with Crippen LogP contribution in [-0.2, 0) is 4.79 Å². The zero-order chi connectivity index (χ0) is 18.5. The molecule has 1 aliphatic rings. The van der Waals surface area contributed by atoms with E-state index in [1.807, 2.05) is 12.1 Å². The van der Waals surface area contributed by atoms with Gasteiger partial charge in [0.05, 0.1) is 16.2 Å². The van der Waals surface area contributed by atoms with E-state index in [1.54, 1.807) is 42.5 Å². The van der Waals surface area contributed by atoms with E-state index in [2.05, 4.69) is 12.0 Å². The van der Waals surface area contributed by atoms with E-state index in [-0.39, 0.29) is 12.5 Å². The van der Waals surface area contributed by atoms with Crippen LogP contribution >= 0.6 is 24.0 Å². The molecule has 0 saturated carbocycles. The van der Waals surface area contributed by atoms with Crippen LogP contribution in [0, 0.1) is 23.7 Å². The lowest BCUT2D eigenvalue weighted by Crippen LogP contribution is -2.28. The molecule has 4 nitrogen and oxygen atoms in total. The van der Waals surface area contributed by atoms with Gasteiger partial charge in [-0.2, -0.15) is 5.26 Å². The largest absolute Gasteiger partial charge is 0.481 e. The highest BCUT2D eigenvalue weighted by Gasteiger charge is 2.34. The molecule has 1 aliphatic heterocycles. The average molecular weight is 376 g/mol. The third-order valence-corrected chi connectivity index (χ3v) is 4.86. The number of hydrogen-bond acceptors (Lipinski definition) is 5. The predicted molar refractivity (Wildman–Crippen MR) is 108 cm³/mol. The summed E-state index contributed by atoms with van der Waals surface area (Å²) in [4.78, 5) is 14.7. The van der Waals surface area contributed by atoms with Crippen molar-refractivity contribution in [1.82, 2.24) is 0 Å². The molecule has 1 heterocycles. The number of thioether (sulfide) groups is 1. The van der Waals surface area contributed by atoms with Crippen LogP contribution in [0.5, 0.6) is 5.75 Å². The molecule has 0 spiro atoms. The van der Waals surface area contributed by atoms with Gasteiger partial charge in [-0.1, -0.05) is 54.2 Å². The minimum Gasteiger partial charge on any atom is -0.481 e. The molecule has 1 fully saturated rings. The zero-order valence-electron chi connectivity index (χ0n) is 13.5. The molecular weight excluding hydrogens is 364 g/mol. The summed E-state index contributed by atoms with van der Waals surface area (Å²) in [6.45, 7) is 0.205. The summed E-state index contributed by atoms with van der Waals surface area (Å²) in [6, 6.07) is 16.2. The van der Waals surface area contributed by atoms with E-state index in [4.69, 9.17) is 23.4 Å². The first kappa shape index (κ1) is 17.8. The third-order valence-electron chi connectivity index (χ3n) is 3.56. The maximum atomic E-state index is 12.8. The van der Waals surface area contributed by atoms with Crippen molar-refractivity contribution in [3.63, 3.8) is 0 Å². The Hall–Kier alpha value is -3.06. The second kappa shape index (κ2) is 7.88. The van der Waals surface area contributed by atoms with Gasteiger partial charge in [0.1, 0.15) is 18.4 Å². The number of terminal acetylenes is 1. The Bertz CT molecular complexity index is 982. The molecule has 0 atom stereocenters. The lowest BCUT2D eigenvalue weighted by Gasteiger charge is -2.15. The van der Waals surface area contributed by atoms with Gasteiger partial charge in [0.25, 0.3) is 5.91 Å². The van der Waals surface area contributed by atoms with Crippen LogP contribution in [0.3, 0.4) is 0 Å². The van der Waals surface area contributed by atoms with Crippen LogP contribution in [0.4, 0.5) is 5.69 Å². The van der Waals surface area contributed by atoms with Gasteiger partial charge in [-0.05, 0) is 35.9 Å². The number of anilines is 1. The first-order valence-corrected chi connectivity index (χ1v) is 8.80. The van der Waals surface area contributed by atoms with Crippen molar-refractivity contribution >= 4 is 46.0 Å². The molecule has 0 N–H and O–H groups in total. The number of nitrogens with zero attached hydrogens (tertiary/aromatic N) is 2. The summed E-state index contributed by atoms with van der Waals surface area (Å²) in [5.74, 6) is 2.83. The van der Waals surface area contributed by atoms with Gasteiger partial charge >= 0.3 is 0 Å². The first-order valence-electron chi connectivity index (χ1n) is 7.57. The number of amides is 1. The standard InChI is InChI=1S/C20H12N2O2S2/c1-2-11-24-16-9-7-14(8-10-16)12-18-19(23)22(20(25)26-18)17-6-4-3-5-15(17)13-21/h1,3-10,12H,11H2/b18-12+. The third kappa shape index (κ3) is 3.62. The molecule has 2 aromatic carbocycles. The summed E-state index contributed by atoms with van der Waals surface area (Å²) in [5.41, 5.74) is 1.74. The average Bonchev–Trinajstić information content (AvgIpc) is 2.94. The van der Waals surface area contributed by atoms with E-state index in [0.29, 0.717) is 26.2 Å². The topological polar surface area (TPSA) is 53.3 Å². The predicted octanol–water partition coefficient (Wildman–Crippen LogP) is 3.98. The number of hydrogen-bond donors (Lipinski definition) is 0. The van der Waals surface area contributed by atoms with Gasteiger partial charge in [0, 0.05) is 0 Å². The number of nitriles is 1. The van der Waals surface area contributed by atoms with E-state index < -0.39 is 0 Å². The van der Waals surface area contributed by atoms with Crippen molar-refractivity contribution in [2.24, 2.45) is 0 Å². The second-order valence-electron chi connectivity index (χ2n) is 5.21. The molecule has 1 saturated heterocycles. The van der Waals surface area contributed by atoms with Crippen LogP contribution < -0.4 is 9.64 Å². The second-order valence-corrected chi connectivity index (χ2v) is 6.88. The lowest BCUT2D eigenvalue weighted by atomic mass is 10.1. The van der Waals surface area contributed by atoms with E-state index >= 15 is 0 Å². The minimum atomic E-state index is -0.240. The summed E-state index contributed by atoms with van der Waals surface area (Å²) in [5, 5.41) is 9.26. The molecule has 2 aromatic rings. The van der Waals surface area contributed by atoms with Crippen molar-refractivity contribution in [3.05, 3.63) is 64.6 Å². The van der Waals surface area contributed by atoms with Crippen molar-refractivity contribution in [2.75, 3.05) is 11.5 Å². The molecule has 0 bridgehead atoms. The van der Waals surface area contributed by atoms with E-state index in [1.165, 1.54) is 16.7 Å². The smallest absolute Gasteiger partial charge is 0.270 e. The molecule has 0 aliphatic carbocycles. The van der Waals surface area contributed by atoms with E-state index in [0.717, 1.165) is 5.56 Å². The Balaban J connectivity index is 1.86. The maximum Gasteiger partial charge on any atom is 0.270 e. The first-order chi connectivity index (χ1) is 12.6. The minimum absolute atomic E-state index is 0.205. The number of para-hydroxylation sites is 1. The fraction of sp³-hybridized carbons (Fsp3) is 0.0500. The number of benzene rings is 2. The molecule has 3 rings (SSSR count). The van der Waals surface area contributed by atoms with Crippen LogP contribution in [-0.4, -0.2) is 16.8 Å². The molecular formula is C20H12N2O2S2. The fourth-order valence-electron chi connectivity index (χ4n) is 2.38. The Morgan fingerprint density at radius 1 is 1.23 bits per heavy atom. The summed E-state index contributed by atoms with van der Waals surface area (Å²) >= 11 is 6.56. The van der Waals surface area contributed by atoms with Gasteiger partial charge in [0.15, 0.2) is 4.32 Å². The molecule has 0 unspecified atom stereocenters. The fourth-order valence-corrected chi connectivity index (χ4v) is 3.66. The van der Waals surface area contributed by atoms with Gasteiger partial charge in [-0.25, -0.2) is 0 Å². The number of rotatable bonds is 4. The van der Waals surface area contributed by atoms with Gasteiger partial charge in [-0.3, -0.25) is 9.69 Å². The van der Waals surface area contributed by atoms with Crippen molar-refractivity contribution in [1.29, 1.82) is 5.26 Å². The van der Waals surface area contributed by atoms with Crippen LogP contribution in [0.15, 0.2) is 53.4 Å². The summed E-state index contributed by atoms with van der Waals surface area (Å²) < 4.78 is 5.73. The molecule has 0 radical (unpaired) electrons. The highest BCUT2D eigenvalue weighted by molar-refractivity contribution is 8.27. The Kier molecular flexibility index (Phi) is 5.38. The van der Waals surface area contributed by atoms with Crippen molar-refractivity contribution in [3.8, 4) is 24.2 Å². The normalized spacial score (nSPS) is 15.0. The molecule has 1 amide bonds. The zero-order valence-corrected chi connectivity index (χ0v) is 15.1. The van der Waals surface area contributed by atoms with Crippen LogP contribution in [0.1, 0.15) is 11.1 Å². The lowest BCUT2D eigenvalue weighted by molar-refractivity contribution is -0.113. The van der Waals surface area contributed by atoms with Gasteiger partial charge in [0.2, 0.25) is 0 Å². The summed E-state index contributed by atoms with van der Waals surface area (Å²) in [6.07, 6.45) is 6.93. The number of ether oxygens (including phenoxy) is 1. The SMILES string of the molecule is C#CCOc1ccc(/C=C2/SC(=S)N(c3ccccc3C#N)C2=O)cc1. The number of carbonyl (C=O) groups excluding carboxylic acids is 1. The molecule has 26 heavy (non-hydrogen) atoms. The number of thiocarbonyl (C=S) groups is 1. The monoisotopic (exact) mass is 376 g/mol. The van der Waals surface area contributed by atoms with E-state index in [9.17, 15) is 10.1 Å². The van der Waals surface area contributed by atoms with Crippen molar-refractivity contribution < 1.29 is 9.53 Å². The Morgan fingerprint density at radius 2 is 1.96 bits per heavy atom. The molecule has 126 valence electrons. The highest BCUT2D eigenvalue weighted by atomic mass is 32.2. The van der Waals surface area contributed by atoms with Gasteiger partial charge in [-0.15, -0.1) is 6.42 Å². The highest BCUT2D eigenvalue weighted by Crippen LogP contribution is 2.37. The Labute approximate surface area is 161 Å². The molecule has 0 aromatic heterocycles. The van der Waals surface area contributed by atoms with Gasteiger partial charge < -0.3 is 4.74 Å². The maximum absolute atomic E-state index is 12.8. The van der Waals surface area contributed by atoms with Crippen LogP contribution in [0.2, 0.25) is 0 Å². The van der Waals surface area contributed by atoms with Crippen molar-refractivity contribution in [2.45, 2.75) is 0 Å². The quantitative estimate of drug-likeness (QED) is 0.459. The number of carbonyl (C=O) groups is 1. The van der Waals surface area contributed by atoms with Crippen LogP contribution in [0.25, 0.3) is 6.08 Å². The molecule has 6 heteroatoms. The Morgan fingerprint density at radius 3 is 2.65 bits per heavy atom.